The van der Waals surface area contributed by atoms with E-state index in [4.69, 9.17) is 0 Å². The Balaban J connectivity index is 1.24. The van der Waals surface area contributed by atoms with E-state index < -0.39 is 0 Å². The second-order valence-electron chi connectivity index (χ2n) is 7.81. The third kappa shape index (κ3) is 5.74. The molecule has 0 atom stereocenters. The van der Waals surface area contributed by atoms with E-state index in [1.807, 2.05) is 30.3 Å². The summed E-state index contributed by atoms with van der Waals surface area (Å²) in [7, 11) is 0. The van der Waals surface area contributed by atoms with Crippen LogP contribution in [-0.4, -0.2) is 50.5 Å². The van der Waals surface area contributed by atoms with Gasteiger partial charge in [-0.2, -0.15) is 0 Å². The lowest BCUT2D eigenvalue weighted by atomic mass is 10.0. The van der Waals surface area contributed by atoms with E-state index in [1.165, 1.54) is 17.3 Å². The van der Waals surface area contributed by atoms with Gasteiger partial charge in [0.25, 0.3) is 0 Å². The number of rotatable bonds is 8. The van der Waals surface area contributed by atoms with E-state index in [0.29, 0.717) is 5.75 Å². The lowest BCUT2D eigenvalue weighted by Crippen LogP contribution is -2.44. The van der Waals surface area contributed by atoms with Gasteiger partial charge in [0.1, 0.15) is 0 Å². The van der Waals surface area contributed by atoms with Crippen LogP contribution >= 0.6 is 11.8 Å². The molecule has 1 aromatic heterocycles. The SMILES string of the molecule is CCn1c(SCC(=O)NC2CCN(Cc3ccccc3)CC2)nnc1-c1ccccc1. The molecule has 0 spiro atoms. The average Bonchev–Trinajstić information content (AvgIpc) is 3.23. The number of aromatic nitrogens is 3. The highest BCUT2D eigenvalue weighted by molar-refractivity contribution is 7.99. The van der Waals surface area contributed by atoms with Crippen molar-refractivity contribution in [2.75, 3.05) is 18.8 Å². The Morgan fingerprint density at radius 2 is 1.71 bits per heavy atom. The molecule has 0 bridgehead atoms. The van der Waals surface area contributed by atoms with Crippen LogP contribution in [0.15, 0.2) is 65.8 Å². The fraction of sp³-hybridized carbons (Fsp3) is 0.375. The summed E-state index contributed by atoms with van der Waals surface area (Å²) in [5.41, 5.74) is 2.38. The Hall–Kier alpha value is -2.64. The number of carbonyl (C=O) groups is 1. The fourth-order valence-electron chi connectivity index (χ4n) is 3.96. The number of benzene rings is 2. The molecule has 0 saturated carbocycles. The molecule has 6 nitrogen and oxygen atoms in total. The summed E-state index contributed by atoms with van der Waals surface area (Å²) < 4.78 is 2.06. The zero-order chi connectivity index (χ0) is 21.5. The second kappa shape index (κ2) is 10.6. The minimum atomic E-state index is 0.0680. The summed E-state index contributed by atoms with van der Waals surface area (Å²) >= 11 is 1.45. The molecule has 2 heterocycles. The molecule has 0 radical (unpaired) electrons. The molecule has 31 heavy (non-hydrogen) atoms. The highest BCUT2D eigenvalue weighted by Crippen LogP contribution is 2.24. The molecule has 7 heteroatoms. The standard InChI is InChI=1S/C24H29N5OS/c1-2-29-23(20-11-7-4-8-12-20)26-27-24(29)31-18-22(30)25-21-13-15-28(16-14-21)17-19-9-5-3-6-10-19/h3-12,21H,2,13-18H2,1H3,(H,25,30). The van der Waals surface area contributed by atoms with Crippen molar-refractivity contribution in [3.8, 4) is 11.4 Å². The Bertz CT molecular complexity index is 968. The van der Waals surface area contributed by atoms with Gasteiger partial charge in [0.05, 0.1) is 5.75 Å². The van der Waals surface area contributed by atoms with Gasteiger partial charge in [-0.25, -0.2) is 0 Å². The van der Waals surface area contributed by atoms with Crippen molar-refractivity contribution in [1.82, 2.24) is 25.0 Å². The molecule has 162 valence electrons. The van der Waals surface area contributed by atoms with Gasteiger partial charge in [0.2, 0.25) is 5.91 Å². The number of hydrogen-bond donors (Lipinski definition) is 1. The molecule has 1 saturated heterocycles. The maximum absolute atomic E-state index is 12.5. The van der Waals surface area contributed by atoms with Crippen molar-refractivity contribution in [2.24, 2.45) is 0 Å². The van der Waals surface area contributed by atoms with Crippen LogP contribution in [0.25, 0.3) is 11.4 Å². The third-order valence-electron chi connectivity index (χ3n) is 5.60. The van der Waals surface area contributed by atoms with E-state index in [-0.39, 0.29) is 11.9 Å². The van der Waals surface area contributed by atoms with Crippen molar-refractivity contribution in [2.45, 2.75) is 44.1 Å². The first kappa shape index (κ1) is 21.6. The molecule has 1 aliphatic heterocycles. The smallest absolute Gasteiger partial charge is 0.230 e. The van der Waals surface area contributed by atoms with Gasteiger partial charge >= 0.3 is 0 Å². The van der Waals surface area contributed by atoms with Crippen LogP contribution in [0.4, 0.5) is 0 Å². The summed E-state index contributed by atoms with van der Waals surface area (Å²) in [5, 5.41) is 12.7. The van der Waals surface area contributed by atoms with Gasteiger partial charge < -0.3 is 9.88 Å². The van der Waals surface area contributed by atoms with Crippen LogP contribution in [0, 0.1) is 0 Å². The van der Waals surface area contributed by atoms with Crippen molar-refractivity contribution in [3.05, 3.63) is 66.2 Å². The summed E-state index contributed by atoms with van der Waals surface area (Å²) in [6.07, 6.45) is 1.99. The Kier molecular flexibility index (Phi) is 7.38. The highest BCUT2D eigenvalue weighted by Gasteiger charge is 2.21. The number of hydrogen-bond acceptors (Lipinski definition) is 5. The zero-order valence-corrected chi connectivity index (χ0v) is 18.7. The molecule has 1 N–H and O–H groups in total. The topological polar surface area (TPSA) is 63.1 Å². The molecular formula is C24H29N5OS. The fourth-order valence-corrected chi connectivity index (χ4v) is 4.77. The number of carbonyl (C=O) groups excluding carboxylic acids is 1. The molecule has 1 fully saturated rings. The predicted molar refractivity (Wildman–Crippen MR) is 125 cm³/mol. The molecule has 3 aromatic rings. The lowest BCUT2D eigenvalue weighted by molar-refractivity contribution is -0.119. The number of nitrogens with zero attached hydrogens (tertiary/aromatic N) is 4. The largest absolute Gasteiger partial charge is 0.353 e. The van der Waals surface area contributed by atoms with Gasteiger partial charge in [0, 0.05) is 37.8 Å². The van der Waals surface area contributed by atoms with Crippen molar-refractivity contribution in [1.29, 1.82) is 0 Å². The summed E-state index contributed by atoms with van der Waals surface area (Å²) in [4.78, 5) is 15.0. The van der Waals surface area contributed by atoms with Gasteiger partial charge in [-0.05, 0) is 25.3 Å². The first-order valence-electron chi connectivity index (χ1n) is 10.9. The van der Waals surface area contributed by atoms with Crippen molar-refractivity contribution < 1.29 is 4.79 Å². The molecule has 0 unspecified atom stereocenters. The number of nitrogens with one attached hydrogen (secondary N) is 1. The molecule has 1 amide bonds. The summed E-state index contributed by atoms with van der Waals surface area (Å²) in [6, 6.07) is 20.9. The first-order chi connectivity index (χ1) is 15.2. The molecule has 4 rings (SSSR count). The van der Waals surface area contributed by atoms with E-state index in [1.54, 1.807) is 0 Å². The van der Waals surface area contributed by atoms with Gasteiger partial charge in [-0.3, -0.25) is 9.69 Å². The van der Waals surface area contributed by atoms with Crippen LogP contribution in [0.5, 0.6) is 0 Å². The summed E-state index contributed by atoms with van der Waals surface area (Å²) in [6.45, 7) is 5.84. The van der Waals surface area contributed by atoms with E-state index in [9.17, 15) is 4.79 Å². The van der Waals surface area contributed by atoms with Crippen LogP contribution < -0.4 is 5.32 Å². The number of amides is 1. The third-order valence-corrected chi connectivity index (χ3v) is 6.57. The maximum atomic E-state index is 12.5. The van der Waals surface area contributed by atoms with Crippen molar-refractivity contribution in [3.63, 3.8) is 0 Å². The van der Waals surface area contributed by atoms with Crippen molar-refractivity contribution >= 4 is 17.7 Å². The zero-order valence-electron chi connectivity index (χ0n) is 17.9. The quantitative estimate of drug-likeness (QED) is 0.545. The van der Waals surface area contributed by atoms with E-state index in [0.717, 1.165) is 55.6 Å². The molecule has 1 aliphatic rings. The maximum Gasteiger partial charge on any atom is 0.230 e. The lowest BCUT2D eigenvalue weighted by Gasteiger charge is -2.32. The minimum Gasteiger partial charge on any atom is -0.353 e. The van der Waals surface area contributed by atoms with Gasteiger partial charge in [0.15, 0.2) is 11.0 Å². The van der Waals surface area contributed by atoms with Crippen LogP contribution in [-0.2, 0) is 17.9 Å². The normalized spacial score (nSPS) is 15.1. The monoisotopic (exact) mass is 435 g/mol. The Morgan fingerprint density at radius 3 is 2.39 bits per heavy atom. The van der Waals surface area contributed by atoms with Crippen LogP contribution in [0.1, 0.15) is 25.3 Å². The Labute approximate surface area is 188 Å². The van der Waals surface area contributed by atoms with E-state index >= 15 is 0 Å². The summed E-state index contributed by atoms with van der Waals surface area (Å²) in [5.74, 6) is 1.27. The first-order valence-corrected chi connectivity index (χ1v) is 11.9. The predicted octanol–water partition coefficient (Wildman–Crippen LogP) is 3.84. The highest BCUT2D eigenvalue weighted by atomic mass is 32.2. The van der Waals surface area contributed by atoms with Gasteiger partial charge in [-0.1, -0.05) is 72.4 Å². The van der Waals surface area contributed by atoms with Gasteiger partial charge in [-0.15, -0.1) is 10.2 Å². The Morgan fingerprint density at radius 1 is 1.03 bits per heavy atom. The molecule has 0 aliphatic carbocycles. The molecule has 2 aromatic carbocycles. The van der Waals surface area contributed by atoms with E-state index in [2.05, 4.69) is 62.2 Å². The van der Waals surface area contributed by atoms with Crippen LogP contribution in [0.2, 0.25) is 0 Å². The number of piperidine rings is 1. The number of likely N-dealkylation sites (tertiary alicyclic amines) is 1. The van der Waals surface area contributed by atoms with Crippen LogP contribution in [0.3, 0.4) is 0 Å². The average molecular weight is 436 g/mol. The number of thioether (sulfide) groups is 1. The minimum absolute atomic E-state index is 0.0680. The second-order valence-corrected chi connectivity index (χ2v) is 8.75. The molecular weight excluding hydrogens is 406 g/mol.